The third-order valence-electron chi connectivity index (χ3n) is 2.98. The molecule has 0 bridgehead atoms. The first-order chi connectivity index (χ1) is 12.8. The number of amides is 3. The number of hydrogen-bond donors (Lipinski definition) is 4. The van der Waals surface area contributed by atoms with Gasteiger partial charge in [0.25, 0.3) is 5.91 Å². The van der Waals surface area contributed by atoms with E-state index in [1.165, 1.54) is 24.3 Å². The number of imide groups is 1. The Morgan fingerprint density at radius 3 is 2.25 bits per heavy atom. The minimum absolute atomic E-state index is 0.126. The van der Waals surface area contributed by atoms with Gasteiger partial charge < -0.3 is 15.2 Å². The number of urea groups is 1. The Morgan fingerprint density at radius 2 is 1.75 bits per heavy atom. The van der Waals surface area contributed by atoms with Crippen LogP contribution in [-0.2, 0) is 24.3 Å². The SMILES string of the molecule is CC(C)(C)NC(=O)NC(=O)COC(=O)C(CO)NS(=O)(=O)c1ccc(Br)cc1. The highest BCUT2D eigenvalue weighted by molar-refractivity contribution is 9.10. The van der Waals surface area contributed by atoms with Gasteiger partial charge in [0.2, 0.25) is 10.0 Å². The molecule has 0 fully saturated rings. The average Bonchev–Trinajstić information content (AvgIpc) is 2.56. The van der Waals surface area contributed by atoms with Crippen LogP contribution in [0.3, 0.4) is 0 Å². The number of ether oxygens (including phenoxy) is 1. The molecule has 0 aliphatic carbocycles. The Bertz CT molecular complexity index is 820. The molecule has 28 heavy (non-hydrogen) atoms. The summed E-state index contributed by atoms with van der Waals surface area (Å²) < 4.78 is 31.8. The number of carbonyl (C=O) groups excluding carboxylic acids is 3. The number of carbonyl (C=O) groups is 3. The Hall–Kier alpha value is -2.02. The lowest BCUT2D eigenvalue weighted by molar-refractivity contribution is -0.150. The number of benzene rings is 1. The molecule has 12 heteroatoms. The number of sulfonamides is 1. The van der Waals surface area contributed by atoms with Crippen molar-refractivity contribution in [1.29, 1.82) is 0 Å². The average molecular weight is 480 g/mol. The molecule has 1 unspecified atom stereocenters. The van der Waals surface area contributed by atoms with Gasteiger partial charge in [-0.1, -0.05) is 15.9 Å². The molecule has 0 saturated heterocycles. The number of aliphatic hydroxyl groups is 1. The van der Waals surface area contributed by atoms with Crippen LogP contribution in [0.2, 0.25) is 0 Å². The number of aliphatic hydroxyl groups excluding tert-OH is 1. The topological polar surface area (TPSA) is 151 Å². The van der Waals surface area contributed by atoms with Gasteiger partial charge in [0.1, 0.15) is 6.04 Å². The molecule has 1 atom stereocenters. The summed E-state index contributed by atoms with van der Waals surface area (Å²) in [5.74, 6) is -2.09. The van der Waals surface area contributed by atoms with Crippen LogP contribution in [0.1, 0.15) is 20.8 Å². The van der Waals surface area contributed by atoms with Crippen molar-refractivity contribution in [2.45, 2.75) is 37.2 Å². The van der Waals surface area contributed by atoms with Crippen molar-refractivity contribution >= 4 is 43.9 Å². The molecule has 0 aliphatic heterocycles. The molecule has 4 N–H and O–H groups in total. The fourth-order valence-electron chi connectivity index (χ4n) is 1.80. The van der Waals surface area contributed by atoms with Gasteiger partial charge in [-0.25, -0.2) is 13.2 Å². The number of esters is 1. The van der Waals surface area contributed by atoms with Crippen molar-refractivity contribution in [3.8, 4) is 0 Å². The van der Waals surface area contributed by atoms with E-state index < -0.39 is 52.7 Å². The molecule has 1 rings (SSSR count). The zero-order valence-electron chi connectivity index (χ0n) is 15.5. The van der Waals surface area contributed by atoms with Gasteiger partial charge in [-0.15, -0.1) is 0 Å². The molecule has 10 nitrogen and oxygen atoms in total. The third-order valence-corrected chi connectivity index (χ3v) is 4.99. The van der Waals surface area contributed by atoms with Crippen molar-refractivity contribution in [2.75, 3.05) is 13.2 Å². The van der Waals surface area contributed by atoms with E-state index >= 15 is 0 Å². The molecule has 0 radical (unpaired) electrons. The van der Waals surface area contributed by atoms with E-state index in [0.717, 1.165) is 0 Å². The van der Waals surface area contributed by atoms with Crippen molar-refractivity contribution in [3.63, 3.8) is 0 Å². The number of hydrogen-bond acceptors (Lipinski definition) is 7. The van der Waals surface area contributed by atoms with E-state index in [4.69, 9.17) is 0 Å². The summed E-state index contributed by atoms with van der Waals surface area (Å²) in [7, 11) is -4.11. The van der Waals surface area contributed by atoms with Gasteiger partial charge in [-0.2, -0.15) is 4.72 Å². The van der Waals surface area contributed by atoms with Crippen molar-refractivity contribution in [3.05, 3.63) is 28.7 Å². The molecule has 1 aromatic rings. The first-order valence-corrected chi connectivity index (χ1v) is 10.3. The molecular formula is C16H22BrN3O7S. The van der Waals surface area contributed by atoms with Crippen LogP contribution in [-0.4, -0.2) is 56.2 Å². The van der Waals surface area contributed by atoms with Gasteiger partial charge in [0.15, 0.2) is 6.61 Å². The minimum Gasteiger partial charge on any atom is -0.454 e. The van der Waals surface area contributed by atoms with Gasteiger partial charge in [-0.05, 0) is 45.0 Å². The zero-order chi connectivity index (χ0) is 21.5. The number of rotatable bonds is 7. The third kappa shape index (κ3) is 8.33. The van der Waals surface area contributed by atoms with Gasteiger partial charge in [0.05, 0.1) is 11.5 Å². The predicted octanol–water partition coefficient (Wildman–Crippen LogP) is 0.256. The zero-order valence-corrected chi connectivity index (χ0v) is 17.9. The second-order valence-corrected chi connectivity index (χ2v) is 9.30. The van der Waals surface area contributed by atoms with E-state index in [-0.39, 0.29) is 4.90 Å². The monoisotopic (exact) mass is 479 g/mol. The highest BCUT2D eigenvalue weighted by Crippen LogP contribution is 2.15. The summed E-state index contributed by atoms with van der Waals surface area (Å²) in [5.41, 5.74) is -0.575. The molecule has 156 valence electrons. The normalized spacial score (nSPS) is 12.8. The minimum atomic E-state index is -4.11. The Kier molecular flexibility index (Phi) is 8.54. The highest BCUT2D eigenvalue weighted by Gasteiger charge is 2.27. The number of nitrogens with one attached hydrogen (secondary N) is 3. The van der Waals surface area contributed by atoms with Crippen LogP contribution in [0.15, 0.2) is 33.6 Å². The van der Waals surface area contributed by atoms with E-state index in [1.54, 1.807) is 20.8 Å². The molecule has 0 spiro atoms. The lowest BCUT2D eigenvalue weighted by Crippen LogP contribution is -2.49. The Balaban J connectivity index is 2.62. The summed E-state index contributed by atoms with van der Waals surface area (Å²) in [6.07, 6.45) is 0. The summed E-state index contributed by atoms with van der Waals surface area (Å²) >= 11 is 3.17. The second kappa shape index (κ2) is 9.96. The Labute approximate surface area is 171 Å². The van der Waals surface area contributed by atoms with Crippen molar-refractivity contribution in [1.82, 2.24) is 15.4 Å². The van der Waals surface area contributed by atoms with Gasteiger partial charge >= 0.3 is 12.0 Å². The van der Waals surface area contributed by atoms with Crippen LogP contribution in [0.4, 0.5) is 4.79 Å². The molecule has 0 saturated carbocycles. The standard InChI is InChI=1S/C16H22BrN3O7S/c1-16(2,3)19-15(24)18-13(22)9-27-14(23)12(8-21)20-28(25,26)11-6-4-10(17)5-7-11/h4-7,12,20-21H,8-9H2,1-3H3,(H2,18,19,22,24). The van der Waals surface area contributed by atoms with Crippen molar-refractivity contribution < 1.29 is 32.6 Å². The summed E-state index contributed by atoms with van der Waals surface area (Å²) in [6.45, 7) is 3.41. The van der Waals surface area contributed by atoms with E-state index in [2.05, 4.69) is 26.0 Å². The van der Waals surface area contributed by atoms with Gasteiger partial charge in [0, 0.05) is 10.0 Å². The largest absolute Gasteiger partial charge is 0.454 e. The lowest BCUT2D eigenvalue weighted by atomic mass is 10.1. The second-order valence-electron chi connectivity index (χ2n) is 6.67. The first kappa shape index (κ1) is 24.0. The lowest BCUT2D eigenvalue weighted by Gasteiger charge is -2.20. The maximum Gasteiger partial charge on any atom is 0.327 e. The van der Waals surface area contributed by atoms with E-state index in [1.807, 2.05) is 10.0 Å². The van der Waals surface area contributed by atoms with Crippen molar-refractivity contribution in [2.24, 2.45) is 0 Å². The van der Waals surface area contributed by atoms with Crippen LogP contribution < -0.4 is 15.4 Å². The number of halogens is 1. The molecule has 0 heterocycles. The quantitative estimate of drug-likeness (QED) is 0.409. The summed E-state index contributed by atoms with van der Waals surface area (Å²) in [4.78, 5) is 35.0. The summed E-state index contributed by atoms with van der Waals surface area (Å²) in [5, 5.41) is 13.7. The van der Waals surface area contributed by atoms with Gasteiger partial charge in [-0.3, -0.25) is 14.9 Å². The maximum atomic E-state index is 12.3. The Morgan fingerprint density at radius 1 is 1.18 bits per heavy atom. The maximum absolute atomic E-state index is 12.3. The fourth-order valence-corrected chi connectivity index (χ4v) is 3.24. The highest BCUT2D eigenvalue weighted by atomic mass is 79.9. The van der Waals surface area contributed by atoms with Crippen LogP contribution in [0, 0.1) is 0 Å². The van der Waals surface area contributed by atoms with Crippen LogP contribution >= 0.6 is 15.9 Å². The molecule has 3 amide bonds. The van der Waals surface area contributed by atoms with Crippen LogP contribution in [0.25, 0.3) is 0 Å². The smallest absolute Gasteiger partial charge is 0.327 e. The van der Waals surface area contributed by atoms with Crippen LogP contribution in [0.5, 0.6) is 0 Å². The molecular weight excluding hydrogens is 458 g/mol. The first-order valence-electron chi connectivity index (χ1n) is 8.01. The summed E-state index contributed by atoms with van der Waals surface area (Å²) in [6, 6.07) is 3.19. The molecule has 1 aromatic carbocycles. The molecule has 0 aromatic heterocycles. The van der Waals surface area contributed by atoms with E-state index in [0.29, 0.717) is 4.47 Å². The van der Waals surface area contributed by atoms with E-state index in [9.17, 15) is 27.9 Å². The molecule has 0 aliphatic rings. The fraction of sp³-hybridized carbons (Fsp3) is 0.438. The predicted molar refractivity (Wildman–Crippen MR) is 103 cm³/mol.